The Labute approximate surface area is 127 Å². The summed E-state index contributed by atoms with van der Waals surface area (Å²) in [5.74, 6) is -0.320. The highest BCUT2D eigenvalue weighted by Crippen LogP contribution is 2.18. The Hall–Kier alpha value is -1.81. The Balaban J connectivity index is 2.00. The summed E-state index contributed by atoms with van der Waals surface area (Å²) in [7, 11) is 1.38. The molecule has 2 aromatic rings. The van der Waals surface area contributed by atoms with Crippen molar-refractivity contribution in [1.29, 1.82) is 0 Å². The first-order valence-electron chi connectivity index (χ1n) is 6.27. The summed E-state index contributed by atoms with van der Waals surface area (Å²) in [6.45, 7) is 2.79. The number of aryl methyl sites for hydroxylation is 1. The van der Waals surface area contributed by atoms with Crippen LogP contribution in [0.1, 0.15) is 21.5 Å². The van der Waals surface area contributed by atoms with Crippen LogP contribution in [-0.4, -0.2) is 13.1 Å². The monoisotopic (exact) mass is 333 g/mol. The average molecular weight is 334 g/mol. The van der Waals surface area contributed by atoms with Gasteiger partial charge in [-0.2, -0.15) is 0 Å². The molecule has 0 aliphatic rings. The number of carbonyl (C=O) groups excluding carboxylic acids is 1. The highest BCUT2D eigenvalue weighted by Gasteiger charge is 2.04. The average Bonchev–Trinajstić information content (AvgIpc) is 2.48. The van der Waals surface area contributed by atoms with Crippen molar-refractivity contribution < 1.29 is 9.53 Å². The molecular formula is C16H16BrNO2. The van der Waals surface area contributed by atoms with Crippen LogP contribution in [0.15, 0.2) is 46.9 Å². The fraction of sp³-hybridized carbons (Fsp3) is 0.188. The molecular weight excluding hydrogens is 318 g/mol. The van der Waals surface area contributed by atoms with Gasteiger partial charge in [0.1, 0.15) is 0 Å². The zero-order valence-electron chi connectivity index (χ0n) is 11.4. The van der Waals surface area contributed by atoms with Crippen molar-refractivity contribution in [3.05, 3.63) is 63.6 Å². The fourth-order valence-electron chi connectivity index (χ4n) is 1.79. The summed E-state index contributed by atoms with van der Waals surface area (Å²) >= 11 is 3.53. The summed E-state index contributed by atoms with van der Waals surface area (Å²) in [4.78, 5) is 11.3. The van der Waals surface area contributed by atoms with Crippen LogP contribution in [-0.2, 0) is 11.3 Å². The summed E-state index contributed by atoms with van der Waals surface area (Å²) in [6.07, 6.45) is 0. The Morgan fingerprint density at radius 3 is 2.50 bits per heavy atom. The first-order valence-corrected chi connectivity index (χ1v) is 7.06. The molecule has 0 atom stereocenters. The summed E-state index contributed by atoms with van der Waals surface area (Å²) in [5, 5.41) is 3.32. The van der Waals surface area contributed by atoms with Gasteiger partial charge in [-0.15, -0.1) is 0 Å². The van der Waals surface area contributed by atoms with E-state index in [1.54, 1.807) is 12.1 Å². The van der Waals surface area contributed by atoms with Crippen LogP contribution in [0.3, 0.4) is 0 Å². The molecule has 0 heterocycles. The van der Waals surface area contributed by atoms with Crippen LogP contribution in [0, 0.1) is 6.92 Å². The summed E-state index contributed by atoms with van der Waals surface area (Å²) in [6, 6.07) is 13.5. The third-order valence-electron chi connectivity index (χ3n) is 3.04. The molecule has 3 nitrogen and oxygen atoms in total. The molecule has 2 aromatic carbocycles. The van der Waals surface area contributed by atoms with E-state index >= 15 is 0 Å². The minimum atomic E-state index is -0.320. The highest BCUT2D eigenvalue weighted by atomic mass is 79.9. The molecule has 0 bridgehead atoms. The lowest BCUT2D eigenvalue weighted by molar-refractivity contribution is 0.0601. The molecule has 0 radical (unpaired) electrons. The molecule has 2 rings (SSSR count). The van der Waals surface area contributed by atoms with Crippen molar-refractivity contribution >= 4 is 27.6 Å². The Bertz CT molecular complexity index is 608. The molecule has 0 saturated carbocycles. The van der Waals surface area contributed by atoms with Gasteiger partial charge in [-0.25, -0.2) is 4.79 Å². The van der Waals surface area contributed by atoms with Gasteiger partial charge in [0.05, 0.1) is 12.7 Å². The van der Waals surface area contributed by atoms with E-state index in [1.165, 1.54) is 18.2 Å². The number of hydrogen-bond donors (Lipinski definition) is 1. The lowest BCUT2D eigenvalue weighted by Crippen LogP contribution is -2.02. The van der Waals surface area contributed by atoms with Gasteiger partial charge in [-0.05, 0) is 48.4 Å². The van der Waals surface area contributed by atoms with Crippen molar-refractivity contribution in [3.8, 4) is 0 Å². The number of anilines is 1. The summed E-state index contributed by atoms with van der Waals surface area (Å²) in [5.41, 5.74) is 3.93. The van der Waals surface area contributed by atoms with Crippen molar-refractivity contribution in [2.75, 3.05) is 12.4 Å². The van der Waals surface area contributed by atoms with Crippen molar-refractivity contribution in [3.63, 3.8) is 0 Å². The number of methoxy groups -OCH3 is 1. The number of halogens is 1. The molecule has 0 amide bonds. The zero-order valence-corrected chi connectivity index (χ0v) is 13.0. The number of ether oxygens (including phenoxy) is 1. The third kappa shape index (κ3) is 3.61. The largest absolute Gasteiger partial charge is 0.465 e. The molecule has 4 heteroatoms. The van der Waals surface area contributed by atoms with Crippen LogP contribution in [0.2, 0.25) is 0 Å². The predicted octanol–water partition coefficient (Wildman–Crippen LogP) is 4.16. The number of esters is 1. The molecule has 0 saturated heterocycles. The first kappa shape index (κ1) is 14.6. The lowest BCUT2D eigenvalue weighted by atomic mass is 10.1. The van der Waals surface area contributed by atoms with Gasteiger partial charge in [0.15, 0.2) is 0 Å². The van der Waals surface area contributed by atoms with Crippen LogP contribution in [0.4, 0.5) is 5.69 Å². The third-order valence-corrected chi connectivity index (χ3v) is 3.89. The SMILES string of the molecule is COC(=O)c1ccc(NCc2ccc(C)c(Br)c2)cc1. The molecule has 0 aromatic heterocycles. The maximum absolute atomic E-state index is 11.3. The summed E-state index contributed by atoms with van der Waals surface area (Å²) < 4.78 is 5.77. The van der Waals surface area contributed by atoms with E-state index in [4.69, 9.17) is 0 Å². The van der Waals surface area contributed by atoms with Gasteiger partial charge in [-0.1, -0.05) is 28.1 Å². The predicted molar refractivity (Wildman–Crippen MR) is 84.0 cm³/mol. The number of benzene rings is 2. The van der Waals surface area contributed by atoms with E-state index in [9.17, 15) is 4.79 Å². The van der Waals surface area contributed by atoms with Gasteiger partial charge in [0, 0.05) is 16.7 Å². The van der Waals surface area contributed by atoms with Crippen LogP contribution in [0.25, 0.3) is 0 Å². The van der Waals surface area contributed by atoms with E-state index in [-0.39, 0.29) is 5.97 Å². The molecule has 0 fully saturated rings. The van der Waals surface area contributed by atoms with E-state index in [0.29, 0.717) is 5.56 Å². The number of carbonyl (C=O) groups is 1. The quantitative estimate of drug-likeness (QED) is 0.854. The van der Waals surface area contributed by atoms with Gasteiger partial charge in [0.2, 0.25) is 0 Å². The van der Waals surface area contributed by atoms with Gasteiger partial charge in [-0.3, -0.25) is 0 Å². The van der Waals surface area contributed by atoms with E-state index in [1.807, 2.05) is 12.1 Å². The Kier molecular flexibility index (Phi) is 4.79. The normalized spacial score (nSPS) is 10.2. The fourth-order valence-corrected chi connectivity index (χ4v) is 2.22. The van der Waals surface area contributed by atoms with Crippen LogP contribution in [0.5, 0.6) is 0 Å². The Morgan fingerprint density at radius 1 is 1.20 bits per heavy atom. The molecule has 0 aliphatic heterocycles. The highest BCUT2D eigenvalue weighted by molar-refractivity contribution is 9.10. The maximum atomic E-state index is 11.3. The standard InChI is InChI=1S/C16H16BrNO2/c1-11-3-4-12(9-15(11)17)10-18-14-7-5-13(6-8-14)16(19)20-2/h3-9,18H,10H2,1-2H3. The van der Waals surface area contributed by atoms with Gasteiger partial charge < -0.3 is 10.1 Å². The maximum Gasteiger partial charge on any atom is 0.337 e. The topological polar surface area (TPSA) is 38.3 Å². The van der Waals surface area contributed by atoms with Crippen molar-refractivity contribution in [2.24, 2.45) is 0 Å². The minimum Gasteiger partial charge on any atom is -0.465 e. The molecule has 20 heavy (non-hydrogen) atoms. The zero-order chi connectivity index (χ0) is 14.5. The lowest BCUT2D eigenvalue weighted by Gasteiger charge is -2.08. The molecule has 104 valence electrons. The number of hydrogen-bond acceptors (Lipinski definition) is 3. The first-order chi connectivity index (χ1) is 9.60. The second-order valence-corrected chi connectivity index (χ2v) is 5.36. The van der Waals surface area contributed by atoms with Crippen molar-refractivity contribution in [1.82, 2.24) is 0 Å². The smallest absolute Gasteiger partial charge is 0.337 e. The Morgan fingerprint density at radius 2 is 1.90 bits per heavy atom. The molecule has 0 aliphatic carbocycles. The van der Waals surface area contributed by atoms with Crippen molar-refractivity contribution in [2.45, 2.75) is 13.5 Å². The second-order valence-electron chi connectivity index (χ2n) is 4.51. The van der Waals surface area contributed by atoms with E-state index in [0.717, 1.165) is 16.7 Å². The number of nitrogens with one attached hydrogen (secondary N) is 1. The van der Waals surface area contributed by atoms with Crippen LogP contribution >= 0.6 is 15.9 Å². The van der Waals surface area contributed by atoms with Gasteiger partial charge in [0.25, 0.3) is 0 Å². The second kappa shape index (κ2) is 6.57. The van der Waals surface area contributed by atoms with Gasteiger partial charge >= 0.3 is 5.97 Å². The minimum absolute atomic E-state index is 0.320. The molecule has 1 N–H and O–H groups in total. The molecule has 0 unspecified atom stereocenters. The molecule has 0 spiro atoms. The number of rotatable bonds is 4. The van der Waals surface area contributed by atoms with E-state index in [2.05, 4.69) is 51.1 Å². The van der Waals surface area contributed by atoms with E-state index < -0.39 is 0 Å². The van der Waals surface area contributed by atoms with Crippen LogP contribution < -0.4 is 5.32 Å².